The molecule has 2 heteroatoms. The van der Waals surface area contributed by atoms with E-state index >= 15 is 0 Å². The first-order valence-corrected chi connectivity index (χ1v) is 7.44. The third-order valence-corrected chi connectivity index (χ3v) is 5.58. The van der Waals surface area contributed by atoms with Crippen LogP contribution < -0.4 is 5.73 Å². The molecule has 0 amide bonds. The third kappa shape index (κ3) is 2.39. The van der Waals surface area contributed by atoms with Gasteiger partial charge in [0.15, 0.2) is 0 Å². The van der Waals surface area contributed by atoms with Crippen molar-refractivity contribution in [1.82, 2.24) is 0 Å². The highest BCUT2D eigenvalue weighted by Gasteiger charge is 2.51. The zero-order valence-electron chi connectivity index (χ0n) is 11.5. The average molecular weight is 239 g/mol. The van der Waals surface area contributed by atoms with Gasteiger partial charge < -0.3 is 10.8 Å². The summed E-state index contributed by atoms with van der Waals surface area (Å²) in [7, 11) is 0. The Balaban J connectivity index is 2.15. The fourth-order valence-corrected chi connectivity index (χ4v) is 4.18. The van der Waals surface area contributed by atoms with E-state index in [0.29, 0.717) is 12.5 Å². The number of rotatable bonds is 2. The predicted octanol–water partition coefficient (Wildman–Crippen LogP) is 3.08. The molecule has 3 N–H and O–H groups in total. The van der Waals surface area contributed by atoms with Crippen LogP contribution in [-0.2, 0) is 0 Å². The molecule has 0 radical (unpaired) electrons. The van der Waals surface area contributed by atoms with Crippen molar-refractivity contribution in [3.05, 3.63) is 0 Å². The van der Waals surface area contributed by atoms with Gasteiger partial charge in [0, 0.05) is 12.0 Å². The summed E-state index contributed by atoms with van der Waals surface area (Å²) >= 11 is 0. The molecule has 0 aromatic carbocycles. The van der Waals surface area contributed by atoms with E-state index in [1.807, 2.05) is 0 Å². The third-order valence-electron chi connectivity index (χ3n) is 5.58. The molecular weight excluding hydrogens is 210 g/mol. The lowest BCUT2D eigenvalue weighted by Gasteiger charge is -2.53. The standard InChI is InChI=1S/C15H29NO/c1-12-5-8-14(11-16,9-6-12)15(17)7-3-4-13(2)10-15/h12-13,17H,3-11,16H2,1-2H3. The SMILES string of the molecule is CC1CCC(CN)(C2(O)CCCC(C)C2)CC1. The minimum absolute atomic E-state index is 0.0220. The van der Waals surface area contributed by atoms with Crippen LogP contribution in [0.1, 0.15) is 65.2 Å². The smallest absolute Gasteiger partial charge is 0.0718 e. The fourth-order valence-electron chi connectivity index (χ4n) is 4.18. The molecule has 0 saturated heterocycles. The molecule has 0 spiro atoms. The van der Waals surface area contributed by atoms with Crippen molar-refractivity contribution in [2.75, 3.05) is 6.54 Å². The van der Waals surface area contributed by atoms with Crippen molar-refractivity contribution in [1.29, 1.82) is 0 Å². The summed E-state index contributed by atoms with van der Waals surface area (Å²) in [5.41, 5.74) is 5.63. The Bertz CT molecular complexity index is 258. The van der Waals surface area contributed by atoms with Gasteiger partial charge in [0.05, 0.1) is 5.60 Å². The highest BCUT2D eigenvalue weighted by atomic mass is 16.3. The van der Waals surface area contributed by atoms with E-state index in [2.05, 4.69) is 13.8 Å². The van der Waals surface area contributed by atoms with Gasteiger partial charge in [-0.25, -0.2) is 0 Å². The fraction of sp³-hybridized carbons (Fsp3) is 1.00. The first-order chi connectivity index (χ1) is 8.01. The normalized spacial score (nSPS) is 48.0. The summed E-state index contributed by atoms with van der Waals surface area (Å²) in [6, 6.07) is 0. The number of nitrogens with two attached hydrogens (primary N) is 1. The summed E-state index contributed by atoms with van der Waals surface area (Å²) in [6.07, 6.45) is 9.15. The molecule has 0 bridgehead atoms. The van der Waals surface area contributed by atoms with E-state index in [1.54, 1.807) is 0 Å². The molecule has 100 valence electrons. The number of hydrogen-bond donors (Lipinski definition) is 2. The van der Waals surface area contributed by atoms with Gasteiger partial charge in [0.25, 0.3) is 0 Å². The number of hydrogen-bond acceptors (Lipinski definition) is 2. The van der Waals surface area contributed by atoms with Crippen LogP contribution >= 0.6 is 0 Å². The molecule has 0 aliphatic heterocycles. The van der Waals surface area contributed by atoms with Gasteiger partial charge in [-0.2, -0.15) is 0 Å². The predicted molar refractivity (Wildman–Crippen MR) is 71.7 cm³/mol. The highest BCUT2D eigenvalue weighted by Crippen LogP contribution is 2.52. The highest BCUT2D eigenvalue weighted by molar-refractivity contribution is 5.03. The zero-order valence-corrected chi connectivity index (χ0v) is 11.5. The second-order valence-electron chi connectivity index (χ2n) is 6.90. The lowest BCUT2D eigenvalue weighted by atomic mass is 9.56. The molecular formula is C15H29NO. The Hall–Kier alpha value is -0.0800. The van der Waals surface area contributed by atoms with E-state index in [9.17, 15) is 5.11 Å². The average Bonchev–Trinajstić information content (AvgIpc) is 2.30. The quantitative estimate of drug-likeness (QED) is 0.778. The molecule has 17 heavy (non-hydrogen) atoms. The van der Waals surface area contributed by atoms with Crippen molar-refractivity contribution in [2.45, 2.75) is 70.8 Å². The lowest BCUT2D eigenvalue weighted by molar-refractivity contribution is -0.135. The Morgan fingerprint density at radius 2 is 1.71 bits per heavy atom. The van der Waals surface area contributed by atoms with Crippen LogP contribution in [0.5, 0.6) is 0 Å². The molecule has 2 nitrogen and oxygen atoms in total. The summed E-state index contributed by atoms with van der Waals surface area (Å²) in [6.45, 7) is 5.27. The van der Waals surface area contributed by atoms with Crippen LogP contribution in [0.3, 0.4) is 0 Å². The van der Waals surface area contributed by atoms with Crippen LogP contribution in [0.15, 0.2) is 0 Å². The minimum Gasteiger partial charge on any atom is -0.389 e. The van der Waals surface area contributed by atoms with Crippen LogP contribution in [0.25, 0.3) is 0 Å². The molecule has 2 rings (SSSR count). The summed E-state index contributed by atoms with van der Waals surface area (Å²) in [5.74, 6) is 1.48. The summed E-state index contributed by atoms with van der Waals surface area (Å²) < 4.78 is 0. The maximum Gasteiger partial charge on any atom is 0.0718 e. The van der Waals surface area contributed by atoms with E-state index in [-0.39, 0.29) is 5.41 Å². The maximum absolute atomic E-state index is 11.1. The molecule has 2 unspecified atom stereocenters. The monoisotopic (exact) mass is 239 g/mol. The lowest BCUT2D eigenvalue weighted by Crippen LogP contribution is -2.56. The van der Waals surface area contributed by atoms with Crippen LogP contribution in [0.4, 0.5) is 0 Å². The summed E-state index contributed by atoms with van der Waals surface area (Å²) in [4.78, 5) is 0. The molecule has 0 heterocycles. The zero-order chi connectivity index (χ0) is 12.5. The summed E-state index contributed by atoms with van der Waals surface area (Å²) in [5, 5.41) is 11.1. The Morgan fingerprint density at radius 3 is 2.24 bits per heavy atom. The largest absolute Gasteiger partial charge is 0.389 e. The van der Waals surface area contributed by atoms with Gasteiger partial charge >= 0.3 is 0 Å². The van der Waals surface area contributed by atoms with Crippen molar-refractivity contribution in [3.63, 3.8) is 0 Å². The molecule has 2 aliphatic carbocycles. The maximum atomic E-state index is 11.1. The van der Waals surface area contributed by atoms with E-state index in [4.69, 9.17) is 5.73 Å². The van der Waals surface area contributed by atoms with Gasteiger partial charge in [-0.1, -0.05) is 39.5 Å². The molecule has 0 aromatic rings. The van der Waals surface area contributed by atoms with Crippen molar-refractivity contribution < 1.29 is 5.11 Å². The molecule has 2 aliphatic rings. The Kier molecular flexibility index (Phi) is 3.84. The van der Waals surface area contributed by atoms with Crippen LogP contribution in [0, 0.1) is 17.3 Å². The minimum atomic E-state index is -0.473. The molecule has 2 atom stereocenters. The molecule has 2 saturated carbocycles. The van der Waals surface area contributed by atoms with Crippen LogP contribution in [-0.4, -0.2) is 17.3 Å². The van der Waals surface area contributed by atoms with Crippen LogP contribution in [0.2, 0.25) is 0 Å². The first-order valence-electron chi connectivity index (χ1n) is 7.44. The van der Waals surface area contributed by atoms with Gasteiger partial charge in [-0.3, -0.25) is 0 Å². The van der Waals surface area contributed by atoms with Gasteiger partial charge in [-0.15, -0.1) is 0 Å². The Labute approximate surface area is 106 Å². The van der Waals surface area contributed by atoms with E-state index in [0.717, 1.165) is 31.6 Å². The van der Waals surface area contributed by atoms with E-state index < -0.39 is 5.60 Å². The van der Waals surface area contributed by atoms with Gasteiger partial charge in [0.1, 0.15) is 0 Å². The first kappa shape index (κ1) is 13.4. The topological polar surface area (TPSA) is 46.2 Å². The molecule has 0 aromatic heterocycles. The van der Waals surface area contributed by atoms with E-state index in [1.165, 1.54) is 25.7 Å². The van der Waals surface area contributed by atoms with Gasteiger partial charge in [-0.05, 0) is 37.5 Å². The Morgan fingerprint density at radius 1 is 1.06 bits per heavy atom. The van der Waals surface area contributed by atoms with Gasteiger partial charge in [0.2, 0.25) is 0 Å². The van der Waals surface area contributed by atoms with Crippen molar-refractivity contribution in [2.24, 2.45) is 23.0 Å². The second-order valence-corrected chi connectivity index (χ2v) is 6.90. The van der Waals surface area contributed by atoms with Crippen molar-refractivity contribution in [3.8, 4) is 0 Å². The van der Waals surface area contributed by atoms with Crippen molar-refractivity contribution >= 4 is 0 Å². The number of aliphatic hydroxyl groups is 1. The second kappa shape index (κ2) is 4.89. The molecule has 2 fully saturated rings.